The number of halogens is 4. The molecule has 43 heavy (non-hydrogen) atoms. The Bertz CT molecular complexity index is 1330. The molecule has 13 heteroatoms. The second-order valence-electron chi connectivity index (χ2n) is 10.8. The van der Waals surface area contributed by atoms with Gasteiger partial charge in [0.1, 0.15) is 11.6 Å². The lowest BCUT2D eigenvalue weighted by molar-refractivity contribution is -0.153. The average molecular weight is 644 g/mol. The fraction of sp³-hybridized carbons (Fsp3) is 0.500. The summed E-state index contributed by atoms with van der Waals surface area (Å²) in [7, 11) is 0. The van der Waals surface area contributed by atoms with E-state index >= 15 is 0 Å². The van der Waals surface area contributed by atoms with Gasteiger partial charge in [0, 0.05) is 49.8 Å². The van der Waals surface area contributed by atoms with E-state index in [1.165, 1.54) is 16.7 Å². The van der Waals surface area contributed by atoms with Crippen molar-refractivity contribution in [2.75, 3.05) is 25.4 Å². The van der Waals surface area contributed by atoms with E-state index < -0.39 is 40.9 Å². The molecule has 2 unspecified atom stereocenters. The van der Waals surface area contributed by atoms with Crippen LogP contribution in [0.3, 0.4) is 0 Å². The van der Waals surface area contributed by atoms with Gasteiger partial charge in [0.25, 0.3) is 5.91 Å². The molecule has 1 saturated heterocycles. The second-order valence-corrected chi connectivity index (χ2v) is 12.0. The van der Waals surface area contributed by atoms with Crippen molar-refractivity contribution < 1.29 is 37.0 Å². The Morgan fingerprint density at radius 3 is 2.47 bits per heavy atom. The second kappa shape index (κ2) is 15.2. The van der Waals surface area contributed by atoms with E-state index in [4.69, 9.17) is 15.2 Å². The summed E-state index contributed by atoms with van der Waals surface area (Å²) >= 11 is 1.37. The molecule has 2 aliphatic rings. The number of hydrogen-bond acceptors (Lipinski definition) is 7. The first-order valence-corrected chi connectivity index (χ1v) is 15.1. The molecule has 2 aromatic carbocycles. The molecule has 4 rings (SSSR count). The van der Waals surface area contributed by atoms with Gasteiger partial charge in [-0.2, -0.15) is 0 Å². The minimum atomic E-state index is -1.29. The minimum absolute atomic E-state index is 0. The summed E-state index contributed by atoms with van der Waals surface area (Å²) in [6.07, 6.45) is -0.467. The van der Waals surface area contributed by atoms with Gasteiger partial charge < -0.3 is 25.0 Å². The third-order valence-electron chi connectivity index (χ3n) is 7.32. The number of nitrogens with zero attached hydrogens (tertiary/aromatic N) is 2. The van der Waals surface area contributed by atoms with Crippen molar-refractivity contribution in [3.8, 4) is 5.75 Å². The first-order valence-electron chi connectivity index (χ1n) is 14.0. The Labute approximate surface area is 259 Å². The minimum Gasteiger partial charge on any atom is -0.478 e. The monoisotopic (exact) mass is 643 g/mol. The summed E-state index contributed by atoms with van der Waals surface area (Å²) in [6, 6.07) is 5.95. The predicted molar refractivity (Wildman–Crippen MR) is 159 cm³/mol. The van der Waals surface area contributed by atoms with Crippen LogP contribution in [0.1, 0.15) is 43.9 Å². The van der Waals surface area contributed by atoms with Gasteiger partial charge in [-0.1, -0.05) is 19.9 Å². The lowest BCUT2D eigenvalue weighted by Gasteiger charge is -2.33. The van der Waals surface area contributed by atoms with Gasteiger partial charge in [0.2, 0.25) is 5.91 Å². The van der Waals surface area contributed by atoms with Crippen LogP contribution in [0.4, 0.5) is 13.2 Å². The summed E-state index contributed by atoms with van der Waals surface area (Å²) in [5.74, 6) is -3.43. The highest BCUT2D eigenvalue weighted by Crippen LogP contribution is 2.31. The van der Waals surface area contributed by atoms with Gasteiger partial charge in [0.15, 0.2) is 23.1 Å². The maximum Gasteiger partial charge on any atom is 0.347 e. The predicted octanol–water partition coefficient (Wildman–Crippen LogP) is 4.24. The number of nitrogens with two attached hydrogens (primary N) is 1. The van der Waals surface area contributed by atoms with E-state index in [-0.39, 0.29) is 55.2 Å². The standard InChI is InChI=1S/C30H36F3N3O5S.ClH/c1-4-40-30(39)27(17(2)3)41-22-6-5-18-7-8-35(16-20(18)12-22)28(38)29-36(9-10-42-29)26(37)14-21(34)11-19-13-24(32)25(33)15-23(19)31;/h5-6,12-13,15,17,21,27,29H,4,7-11,14,16,34H2,1-3H3;1H/t21-,27?,29?;/m1./s1. The highest BCUT2D eigenvalue weighted by molar-refractivity contribution is 8.00. The number of ether oxygens (including phenoxy) is 2. The quantitative estimate of drug-likeness (QED) is 0.305. The van der Waals surface area contributed by atoms with Gasteiger partial charge in [-0.05, 0) is 54.7 Å². The lowest BCUT2D eigenvalue weighted by Crippen LogP contribution is -2.49. The summed E-state index contributed by atoms with van der Waals surface area (Å²) in [5, 5.41) is -0.722. The summed E-state index contributed by atoms with van der Waals surface area (Å²) in [4.78, 5) is 42.3. The number of esters is 1. The van der Waals surface area contributed by atoms with Crippen molar-refractivity contribution in [3.05, 3.63) is 64.5 Å². The van der Waals surface area contributed by atoms with Crippen LogP contribution in [-0.2, 0) is 38.5 Å². The molecule has 0 bridgehead atoms. The van der Waals surface area contributed by atoms with Crippen molar-refractivity contribution in [1.29, 1.82) is 0 Å². The van der Waals surface area contributed by atoms with Gasteiger partial charge >= 0.3 is 5.97 Å². The Balaban J connectivity index is 0.00000506. The van der Waals surface area contributed by atoms with E-state index in [0.717, 1.165) is 17.2 Å². The van der Waals surface area contributed by atoms with E-state index in [0.29, 0.717) is 43.6 Å². The van der Waals surface area contributed by atoms with Crippen molar-refractivity contribution in [2.24, 2.45) is 11.7 Å². The Kier molecular flexibility index (Phi) is 12.2. The maximum absolute atomic E-state index is 14.1. The molecule has 0 saturated carbocycles. The van der Waals surface area contributed by atoms with Gasteiger partial charge in [-0.15, -0.1) is 24.2 Å². The largest absolute Gasteiger partial charge is 0.478 e. The van der Waals surface area contributed by atoms with E-state index in [1.807, 2.05) is 32.0 Å². The smallest absolute Gasteiger partial charge is 0.347 e. The molecule has 236 valence electrons. The number of carbonyl (C=O) groups is 3. The molecule has 8 nitrogen and oxygen atoms in total. The molecule has 2 heterocycles. The highest BCUT2D eigenvalue weighted by atomic mass is 35.5. The SMILES string of the molecule is CCOC(=O)C(Oc1ccc2c(c1)CN(C(=O)C1SCCN1C(=O)C[C@H](N)Cc1cc(F)c(F)cc1F)CC2)C(C)C.Cl. The molecule has 0 spiro atoms. The molecule has 2 amide bonds. The van der Waals surface area contributed by atoms with Gasteiger partial charge in [0.05, 0.1) is 6.61 Å². The molecular formula is C30H37ClF3N3O5S. The van der Waals surface area contributed by atoms with Crippen LogP contribution in [0.25, 0.3) is 0 Å². The summed E-state index contributed by atoms with van der Waals surface area (Å²) in [6.45, 7) is 6.91. The van der Waals surface area contributed by atoms with Crippen LogP contribution in [0.2, 0.25) is 0 Å². The molecule has 0 aliphatic carbocycles. The number of amides is 2. The normalized spacial score (nSPS) is 17.6. The molecule has 3 atom stereocenters. The number of fused-ring (bicyclic) bond motifs is 1. The molecule has 1 fully saturated rings. The Morgan fingerprint density at radius 2 is 1.77 bits per heavy atom. The zero-order valence-electron chi connectivity index (χ0n) is 24.3. The molecule has 2 aliphatic heterocycles. The van der Waals surface area contributed by atoms with E-state index in [2.05, 4.69) is 0 Å². The van der Waals surface area contributed by atoms with E-state index in [1.54, 1.807) is 11.8 Å². The third-order valence-corrected chi connectivity index (χ3v) is 8.51. The van der Waals surface area contributed by atoms with E-state index in [9.17, 15) is 27.6 Å². The average Bonchev–Trinajstić information content (AvgIpc) is 3.44. The number of benzene rings is 2. The molecule has 2 N–H and O–H groups in total. The molecule has 0 radical (unpaired) electrons. The molecular weight excluding hydrogens is 607 g/mol. The van der Waals surface area contributed by atoms with Crippen LogP contribution in [0.15, 0.2) is 30.3 Å². The van der Waals surface area contributed by atoms with Crippen molar-refractivity contribution in [2.45, 2.75) is 64.1 Å². The Hall–Kier alpha value is -2.96. The number of carbonyl (C=O) groups excluding carboxylic acids is 3. The fourth-order valence-electron chi connectivity index (χ4n) is 5.12. The Morgan fingerprint density at radius 1 is 1.05 bits per heavy atom. The van der Waals surface area contributed by atoms with Crippen LogP contribution in [-0.4, -0.2) is 70.6 Å². The lowest BCUT2D eigenvalue weighted by atomic mass is 9.99. The summed E-state index contributed by atoms with van der Waals surface area (Å²) in [5.41, 5.74) is 7.94. The van der Waals surface area contributed by atoms with Crippen molar-refractivity contribution in [1.82, 2.24) is 9.80 Å². The van der Waals surface area contributed by atoms with Gasteiger partial charge in [-0.3, -0.25) is 9.59 Å². The number of rotatable bonds is 10. The van der Waals surface area contributed by atoms with Gasteiger partial charge in [-0.25, -0.2) is 18.0 Å². The third kappa shape index (κ3) is 8.36. The number of hydrogen-bond donors (Lipinski definition) is 1. The van der Waals surface area contributed by atoms with Crippen LogP contribution < -0.4 is 10.5 Å². The fourth-order valence-corrected chi connectivity index (χ4v) is 6.34. The maximum atomic E-state index is 14.1. The number of thioether (sulfide) groups is 1. The molecule has 2 aromatic rings. The highest BCUT2D eigenvalue weighted by Gasteiger charge is 2.38. The molecule has 0 aromatic heterocycles. The topological polar surface area (TPSA) is 102 Å². The summed E-state index contributed by atoms with van der Waals surface area (Å²) < 4.78 is 52.0. The van der Waals surface area contributed by atoms with Crippen molar-refractivity contribution >= 4 is 42.0 Å². The van der Waals surface area contributed by atoms with Crippen LogP contribution >= 0.6 is 24.2 Å². The first-order chi connectivity index (χ1) is 20.0. The van der Waals surface area contributed by atoms with Crippen molar-refractivity contribution in [3.63, 3.8) is 0 Å². The first kappa shape index (κ1) is 34.5. The van der Waals surface area contributed by atoms with Crippen LogP contribution in [0, 0.1) is 23.4 Å². The zero-order valence-corrected chi connectivity index (χ0v) is 25.9. The zero-order chi connectivity index (χ0) is 30.6. The van der Waals surface area contributed by atoms with Crippen LogP contribution in [0.5, 0.6) is 5.75 Å².